The average molecular weight is 276 g/mol. The standard InChI is InChI=1S/C11H18BrNS/c1-4-8(5-2)11(13)10-6-9(12)7(3)14-10/h6,8,11H,4-5,13H2,1-3H3. The molecule has 80 valence electrons. The molecular weight excluding hydrogens is 258 g/mol. The molecule has 1 nitrogen and oxygen atoms in total. The monoisotopic (exact) mass is 275 g/mol. The van der Waals surface area contributed by atoms with E-state index in [1.807, 2.05) is 11.3 Å². The van der Waals surface area contributed by atoms with Crippen LogP contribution in [0.4, 0.5) is 0 Å². The molecule has 0 aliphatic heterocycles. The Hall–Kier alpha value is 0.140. The van der Waals surface area contributed by atoms with Crippen LogP contribution in [0.5, 0.6) is 0 Å². The van der Waals surface area contributed by atoms with E-state index in [0.717, 1.165) is 12.8 Å². The van der Waals surface area contributed by atoms with E-state index < -0.39 is 0 Å². The molecule has 0 radical (unpaired) electrons. The van der Waals surface area contributed by atoms with E-state index in [0.29, 0.717) is 5.92 Å². The number of nitrogens with two attached hydrogens (primary N) is 1. The zero-order valence-electron chi connectivity index (χ0n) is 9.01. The summed E-state index contributed by atoms with van der Waals surface area (Å²) in [6.45, 7) is 6.55. The van der Waals surface area contributed by atoms with Gasteiger partial charge < -0.3 is 5.73 Å². The molecule has 1 aromatic heterocycles. The molecule has 0 saturated heterocycles. The second-order valence-electron chi connectivity index (χ2n) is 3.66. The van der Waals surface area contributed by atoms with Gasteiger partial charge in [0.25, 0.3) is 0 Å². The molecule has 0 aromatic carbocycles. The average Bonchev–Trinajstić information content (AvgIpc) is 2.49. The van der Waals surface area contributed by atoms with E-state index in [1.165, 1.54) is 14.2 Å². The molecule has 0 aliphatic carbocycles. The fourth-order valence-electron chi connectivity index (χ4n) is 1.67. The summed E-state index contributed by atoms with van der Waals surface area (Å²) in [5.74, 6) is 0.611. The summed E-state index contributed by atoms with van der Waals surface area (Å²) in [5, 5.41) is 0. The van der Waals surface area contributed by atoms with Crippen LogP contribution in [0, 0.1) is 12.8 Å². The predicted molar refractivity (Wildman–Crippen MR) is 67.8 cm³/mol. The highest BCUT2D eigenvalue weighted by molar-refractivity contribution is 9.10. The van der Waals surface area contributed by atoms with Gasteiger partial charge >= 0.3 is 0 Å². The van der Waals surface area contributed by atoms with Crippen molar-refractivity contribution >= 4 is 27.3 Å². The first-order chi connectivity index (χ1) is 6.60. The van der Waals surface area contributed by atoms with Crippen molar-refractivity contribution in [3.05, 3.63) is 20.3 Å². The number of hydrogen-bond acceptors (Lipinski definition) is 2. The molecule has 14 heavy (non-hydrogen) atoms. The molecule has 0 amide bonds. The summed E-state index contributed by atoms with van der Waals surface area (Å²) in [6.07, 6.45) is 2.32. The Labute approximate surface area is 98.8 Å². The highest BCUT2D eigenvalue weighted by Gasteiger charge is 2.18. The Morgan fingerprint density at radius 2 is 2.00 bits per heavy atom. The lowest BCUT2D eigenvalue weighted by Crippen LogP contribution is -2.19. The first kappa shape index (κ1) is 12.2. The highest BCUT2D eigenvalue weighted by Crippen LogP contribution is 2.34. The molecule has 1 heterocycles. The van der Waals surface area contributed by atoms with E-state index in [1.54, 1.807) is 0 Å². The van der Waals surface area contributed by atoms with Crippen LogP contribution in [0.15, 0.2) is 10.5 Å². The van der Waals surface area contributed by atoms with Crippen molar-refractivity contribution in [3.63, 3.8) is 0 Å². The summed E-state index contributed by atoms with van der Waals surface area (Å²) in [5.41, 5.74) is 6.23. The molecule has 0 bridgehead atoms. The van der Waals surface area contributed by atoms with Crippen LogP contribution in [0.2, 0.25) is 0 Å². The van der Waals surface area contributed by atoms with Gasteiger partial charge in [-0.05, 0) is 34.8 Å². The van der Waals surface area contributed by atoms with E-state index in [9.17, 15) is 0 Å². The fraction of sp³-hybridized carbons (Fsp3) is 0.636. The van der Waals surface area contributed by atoms with Gasteiger partial charge in [-0.15, -0.1) is 11.3 Å². The van der Waals surface area contributed by atoms with Crippen molar-refractivity contribution in [3.8, 4) is 0 Å². The quantitative estimate of drug-likeness (QED) is 0.873. The van der Waals surface area contributed by atoms with Crippen LogP contribution in [0.3, 0.4) is 0 Å². The minimum absolute atomic E-state index is 0.208. The topological polar surface area (TPSA) is 26.0 Å². The zero-order chi connectivity index (χ0) is 10.7. The van der Waals surface area contributed by atoms with Crippen LogP contribution < -0.4 is 5.73 Å². The number of hydrogen-bond donors (Lipinski definition) is 1. The SMILES string of the molecule is CCC(CC)C(N)c1cc(Br)c(C)s1. The van der Waals surface area contributed by atoms with Gasteiger partial charge in [0.15, 0.2) is 0 Å². The smallest absolute Gasteiger partial charge is 0.0418 e. The van der Waals surface area contributed by atoms with Crippen LogP contribution >= 0.6 is 27.3 Å². The van der Waals surface area contributed by atoms with Crippen LogP contribution in [0.1, 0.15) is 42.5 Å². The van der Waals surface area contributed by atoms with E-state index in [2.05, 4.69) is 42.8 Å². The van der Waals surface area contributed by atoms with Crippen LogP contribution in [-0.2, 0) is 0 Å². The first-order valence-corrected chi connectivity index (χ1v) is 6.72. The van der Waals surface area contributed by atoms with Gasteiger partial charge in [-0.1, -0.05) is 26.7 Å². The maximum atomic E-state index is 6.23. The third-order valence-corrected chi connectivity index (χ3v) is 5.00. The maximum Gasteiger partial charge on any atom is 0.0418 e. The summed E-state index contributed by atoms with van der Waals surface area (Å²) in [6, 6.07) is 2.38. The van der Waals surface area contributed by atoms with Gasteiger partial charge in [-0.25, -0.2) is 0 Å². The molecule has 1 aromatic rings. The van der Waals surface area contributed by atoms with E-state index >= 15 is 0 Å². The predicted octanol–water partition coefficient (Wildman–Crippen LogP) is 4.26. The molecule has 0 spiro atoms. The molecule has 3 heteroatoms. The summed E-state index contributed by atoms with van der Waals surface area (Å²) < 4.78 is 1.19. The first-order valence-electron chi connectivity index (χ1n) is 5.11. The molecule has 1 rings (SSSR count). The van der Waals surface area contributed by atoms with Gasteiger partial charge in [0.05, 0.1) is 0 Å². The minimum Gasteiger partial charge on any atom is -0.323 e. The van der Waals surface area contributed by atoms with Crippen molar-refractivity contribution in [2.24, 2.45) is 11.7 Å². The fourth-order valence-corrected chi connectivity index (χ4v) is 3.33. The Kier molecular flexibility index (Phi) is 4.61. The number of halogens is 1. The van der Waals surface area contributed by atoms with Gasteiger partial charge in [0.1, 0.15) is 0 Å². The minimum atomic E-state index is 0.208. The van der Waals surface area contributed by atoms with Crippen molar-refractivity contribution in [2.45, 2.75) is 39.7 Å². The largest absolute Gasteiger partial charge is 0.323 e. The van der Waals surface area contributed by atoms with Crippen molar-refractivity contribution in [1.29, 1.82) is 0 Å². The molecular formula is C11H18BrNS. The molecule has 1 unspecified atom stereocenters. The third kappa shape index (κ3) is 2.59. The van der Waals surface area contributed by atoms with Gasteiger partial charge in [-0.2, -0.15) is 0 Å². The lowest BCUT2D eigenvalue weighted by Gasteiger charge is -2.19. The molecule has 2 N–H and O–H groups in total. The van der Waals surface area contributed by atoms with E-state index in [4.69, 9.17) is 5.73 Å². The summed E-state index contributed by atoms with van der Waals surface area (Å²) in [4.78, 5) is 2.63. The number of rotatable bonds is 4. The molecule has 1 atom stereocenters. The van der Waals surface area contributed by atoms with Gasteiger partial charge in [-0.3, -0.25) is 0 Å². The Bertz CT molecular complexity index is 272. The molecule has 0 saturated carbocycles. The van der Waals surface area contributed by atoms with Crippen LogP contribution in [0.25, 0.3) is 0 Å². The number of thiophene rings is 1. The summed E-state index contributed by atoms with van der Waals surface area (Å²) >= 11 is 5.34. The highest BCUT2D eigenvalue weighted by atomic mass is 79.9. The third-order valence-electron chi connectivity index (χ3n) is 2.76. The second-order valence-corrected chi connectivity index (χ2v) is 5.80. The van der Waals surface area contributed by atoms with E-state index in [-0.39, 0.29) is 6.04 Å². The summed E-state index contributed by atoms with van der Waals surface area (Å²) in [7, 11) is 0. The lowest BCUT2D eigenvalue weighted by atomic mass is 9.94. The van der Waals surface area contributed by atoms with Crippen molar-refractivity contribution in [1.82, 2.24) is 0 Å². The second kappa shape index (κ2) is 5.29. The van der Waals surface area contributed by atoms with Crippen molar-refractivity contribution in [2.75, 3.05) is 0 Å². The Balaban J connectivity index is 2.82. The Morgan fingerprint density at radius 3 is 2.36 bits per heavy atom. The Morgan fingerprint density at radius 1 is 1.43 bits per heavy atom. The number of aryl methyl sites for hydroxylation is 1. The normalized spacial score (nSPS) is 13.6. The molecule has 0 aliphatic rings. The van der Waals surface area contributed by atoms with Gasteiger partial charge in [0, 0.05) is 20.3 Å². The maximum absolute atomic E-state index is 6.23. The zero-order valence-corrected chi connectivity index (χ0v) is 11.4. The van der Waals surface area contributed by atoms with Crippen LogP contribution in [-0.4, -0.2) is 0 Å². The van der Waals surface area contributed by atoms with Crippen molar-refractivity contribution < 1.29 is 0 Å². The molecule has 0 fully saturated rings. The lowest BCUT2D eigenvalue weighted by molar-refractivity contribution is 0.410. The van der Waals surface area contributed by atoms with Gasteiger partial charge in [0.2, 0.25) is 0 Å².